The molecule has 0 spiro atoms. The molecule has 2 aromatic rings. The van der Waals surface area contributed by atoms with Crippen molar-refractivity contribution in [3.63, 3.8) is 0 Å². The van der Waals surface area contributed by atoms with E-state index in [9.17, 15) is 15.0 Å². The highest BCUT2D eigenvalue weighted by Crippen LogP contribution is 2.31. The zero-order valence-electron chi connectivity index (χ0n) is 10.5. The zero-order valence-corrected chi connectivity index (χ0v) is 10.5. The Balaban J connectivity index is 2.41. The molecular formula is C13H15N3O3. The molecule has 0 aliphatic carbocycles. The summed E-state index contributed by atoms with van der Waals surface area (Å²) in [5, 5.41) is 23.9. The van der Waals surface area contributed by atoms with E-state index in [-0.39, 0.29) is 6.54 Å². The van der Waals surface area contributed by atoms with Gasteiger partial charge < -0.3 is 10.2 Å². The lowest BCUT2D eigenvalue weighted by Gasteiger charge is -2.32. The molecule has 0 saturated carbocycles. The highest BCUT2D eigenvalue weighted by atomic mass is 16.4. The fourth-order valence-electron chi connectivity index (χ4n) is 1.97. The summed E-state index contributed by atoms with van der Waals surface area (Å²) < 4.78 is 1.42. The molecule has 2 rings (SSSR count). The van der Waals surface area contributed by atoms with Gasteiger partial charge in [0.05, 0.1) is 12.5 Å². The number of aliphatic carboxylic acids is 1. The minimum Gasteiger partial charge on any atom is -0.481 e. The Kier molecular flexibility index (Phi) is 3.62. The van der Waals surface area contributed by atoms with Gasteiger partial charge in [0, 0.05) is 0 Å². The van der Waals surface area contributed by atoms with E-state index in [2.05, 4.69) is 10.1 Å². The highest BCUT2D eigenvalue weighted by molar-refractivity contribution is 5.71. The van der Waals surface area contributed by atoms with E-state index in [4.69, 9.17) is 0 Å². The third-order valence-corrected chi connectivity index (χ3v) is 3.23. The quantitative estimate of drug-likeness (QED) is 0.834. The summed E-state index contributed by atoms with van der Waals surface area (Å²) >= 11 is 0. The Morgan fingerprint density at radius 3 is 2.63 bits per heavy atom. The molecule has 0 saturated heterocycles. The lowest BCUT2D eigenvalue weighted by molar-refractivity contribution is -0.153. The number of rotatable bonds is 5. The van der Waals surface area contributed by atoms with Crippen molar-refractivity contribution in [1.82, 2.24) is 14.8 Å². The maximum atomic E-state index is 11.2. The number of nitrogens with zero attached hydrogens (tertiary/aromatic N) is 3. The monoisotopic (exact) mass is 261 g/mol. The highest BCUT2D eigenvalue weighted by Gasteiger charge is 2.40. The normalized spacial score (nSPS) is 15.7. The molecule has 100 valence electrons. The van der Waals surface area contributed by atoms with Crippen LogP contribution in [0.25, 0.3) is 0 Å². The summed E-state index contributed by atoms with van der Waals surface area (Å²) in [6.45, 7) is 1.51. The molecule has 0 unspecified atom stereocenters. The maximum absolute atomic E-state index is 11.2. The molecule has 2 N–H and O–H groups in total. The fourth-order valence-corrected chi connectivity index (χ4v) is 1.97. The van der Waals surface area contributed by atoms with Gasteiger partial charge in [-0.1, -0.05) is 30.3 Å². The molecule has 1 aromatic carbocycles. The number of carboxylic acids is 1. The van der Waals surface area contributed by atoms with Gasteiger partial charge in [0.25, 0.3) is 0 Å². The Bertz CT molecular complexity index is 542. The lowest BCUT2D eigenvalue weighted by atomic mass is 9.82. The fraction of sp³-hybridized carbons (Fsp3) is 0.308. The average Bonchev–Trinajstić information content (AvgIpc) is 2.91. The number of aliphatic hydroxyl groups is 1. The van der Waals surface area contributed by atoms with E-state index in [0.29, 0.717) is 5.56 Å². The van der Waals surface area contributed by atoms with E-state index in [0.717, 1.165) is 0 Å². The maximum Gasteiger partial charge on any atom is 0.309 e. The number of carbonyl (C=O) groups is 1. The van der Waals surface area contributed by atoms with Gasteiger partial charge in [-0.2, -0.15) is 5.10 Å². The van der Waals surface area contributed by atoms with Crippen LogP contribution in [0.1, 0.15) is 12.5 Å². The SMILES string of the molecule is C[C@@H](C(=O)O)[C@](O)(Cn1cncn1)c1ccccc1. The molecule has 0 radical (unpaired) electrons. The zero-order chi connectivity index (χ0) is 13.9. The molecule has 19 heavy (non-hydrogen) atoms. The van der Waals surface area contributed by atoms with E-state index < -0.39 is 17.5 Å². The van der Waals surface area contributed by atoms with Crippen LogP contribution in [0.3, 0.4) is 0 Å². The summed E-state index contributed by atoms with van der Waals surface area (Å²) in [4.78, 5) is 15.0. The van der Waals surface area contributed by atoms with Crippen LogP contribution >= 0.6 is 0 Å². The number of aromatic nitrogens is 3. The first-order valence-corrected chi connectivity index (χ1v) is 5.87. The lowest BCUT2D eigenvalue weighted by Crippen LogP contribution is -2.42. The predicted octanol–water partition coefficient (Wildman–Crippen LogP) is 0.887. The molecule has 6 nitrogen and oxygen atoms in total. The van der Waals surface area contributed by atoms with Gasteiger partial charge in [-0.15, -0.1) is 0 Å². The van der Waals surface area contributed by atoms with Crippen molar-refractivity contribution in [1.29, 1.82) is 0 Å². The van der Waals surface area contributed by atoms with E-state index in [1.165, 1.54) is 24.3 Å². The van der Waals surface area contributed by atoms with E-state index in [1.54, 1.807) is 24.3 Å². The van der Waals surface area contributed by atoms with Crippen LogP contribution in [0.4, 0.5) is 0 Å². The first kappa shape index (κ1) is 13.2. The Morgan fingerprint density at radius 2 is 2.11 bits per heavy atom. The van der Waals surface area contributed by atoms with Crippen LogP contribution in [0, 0.1) is 5.92 Å². The van der Waals surface area contributed by atoms with Gasteiger partial charge >= 0.3 is 5.97 Å². The van der Waals surface area contributed by atoms with Gasteiger partial charge in [0.15, 0.2) is 0 Å². The van der Waals surface area contributed by atoms with Gasteiger partial charge in [0.1, 0.15) is 18.3 Å². The molecule has 0 aliphatic rings. The Morgan fingerprint density at radius 1 is 1.42 bits per heavy atom. The van der Waals surface area contributed by atoms with Gasteiger partial charge in [-0.3, -0.25) is 4.79 Å². The third-order valence-electron chi connectivity index (χ3n) is 3.23. The third kappa shape index (κ3) is 2.63. The second-order valence-corrected chi connectivity index (χ2v) is 4.44. The molecule has 0 amide bonds. The van der Waals surface area contributed by atoms with E-state index in [1.807, 2.05) is 6.07 Å². The standard InChI is InChI=1S/C13H15N3O3/c1-10(12(17)18)13(19,7-16-9-14-8-15-16)11-5-3-2-4-6-11/h2-6,8-10,19H,7H2,1H3,(H,17,18)/t10-,13+/m0/s1. The molecular weight excluding hydrogens is 246 g/mol. The molecule has 6 heteroatoms. The topological polar surface area (TPSA) is 88.2 Å². The van der Waals surface area contributed by atoms with Crippen LogP contribution in [-0.4, -0.2) is 30.9 Å². The second-order valence-electron chi connectivity index (χ2n) is 4.44. The number of carboxylic acid groups (broad SMARTS) is 1. The molecule has 0 fully saturated rings. The van der Waals surface area contributed by atoms with Crippen molar-refractivity contribution in [3.8, 4) is 0 Å². The first-order valence-electron chi connectivity index (χ1n) is 5.87. The van der Waals surface area contributed by atoms with Crippen molar-refractivity contribution >= 4 is 5.97 Å². The smallest absolute Gasteiger partial charge is 0.309 e. The van der Waals surface area contributed by atoms with Gasteiger partial charge in [-0.25, -0.2) is 9.67 Å². The Labute approximate surface area is 110 Å². The minimum absolute atomic E-state index is 0.0322. The van der Waals surface area contributed by atoms with Crippen LogP contribution in [-0.2, 0) is 16.9 Å². The summed E-state index contributed by atoms with van der Waals surface area (Å²) in [6.07, 6.45) is 2.79. The van der Waals surface area contributed by atoms with E-state index >= 15 is 0 Å². The van der Waals surface area contributed by atoms with Crippen LogP contribution in [0.15, 0.2) is 43.0 Å². The second kappa shape index (κ2) is 5.19. The number of hydrogen-bond acceptors (Lipinski definition) is 4. The summed E-state index contributed by atoms with van der Waals surface area (Å²) in [7, 11) is 0. The van der Waals surface area contributed by atoms with Gasteiger partial charge in [-0.05, 0) is 12.5 Å². The summed E-state index contributed by atoms with van der Waals surface area (Å²) in [6, 6.07) is 8.74. The molecule has 1 heterocycles. The molecule has 0 aliphatic heterocycles. The average molecular weight is 261 g/mol. The first-order chi connectivity index (χ1) is 9.04. The van der Waals surface area contributed by atoms with Crippen molar-refractivity contribution in [2.24, 2.45) is 5.92 Å². The largest absolute Gasteiger partial charge is 0.481 e. The molecule has 1 aromatic heterocycles. The molecule has 0 bridgehead atoms. The summed E-state index contributed by atoms with van der Waals surface area (Å²) in [5.41, 5.74) is -0.999. The van der Waals surface area contributed by atoms with Crippen molar-refractivity contribution < 1.29 is 15.0 Å². The summed E-state index contributed by atoms with van der Waals surface area (Å²) in [5.74, 6) is -2.04. The molecule has 2 atom stereocenters. The number of hydrogen-bond donors (Lipinski definition) is 2. The van der Waals surface area contributed by atoms with Crippen molar-refractivity contribution in [3.05, 3.63) is 48.5 Å². The predicted molar refractivity (Wildman–Crippen MR) is 67.2 cm³/mol. The van der Waals surface area contributed by atoms with Crippen LogP contribution in [0.5, 0.6) is 0 Å². The minimum atomic E-state index is -1.54. The van der Waals surface area contributed by atoms with Gasteiger partial charge in [0.2, 0.25) is 0 Å². The van der Waals surface area contributed by atoms with Crippen molar-refractivity contribution in [2.75, 3.05) is 0 Å². The Hall–Kier alpha value is -2.21. The van der Waals surface area contributed by atoms with Crippen LogP contribution in [0.2, 0.25) is 0 Å². The van der Waals surface area contributed by atoms with Crippen molar-refractivity contribution in [2.45, 2.75) is 19.1 Å². The van der Waals surface area contributed by atoms with Crippen LogP contribution < -0.4 is 0 Å². The number of benzene rings is 1.